The van der Waals surface area contributed by atoms with Crippen molar-refractivity contribution in [2.75, 3.05) is 11.5 Å². The van der Waals surface area contributed by atoms with Gasteiger partial charge in [0.05, 0.1) is 0 Å². The molecule has 4 heteroatoms. The molecular weight excluding hydrogens is 444 g/mol. The molecule has 1 fully saturated rings. The van der Waals surface area contributed by atoms with Gasteiger partial charge in [0.2, 0.25) is 0 Å². The summed E-state index contributed by atoms with van der Waals surface area (Å²) >= 11 is 0. The molecule has 0 aliphatic heterocycles. The van der Waals surface area contributed by atoms with Crippen molar-refractivity contribution in [2.45, 2.75) is 51.4 Å². The van der Waals surface area contributed by atoms with Crippen LogP contribution in [0.15, 0.2) is 84.9 Å². The van der Waals surface area contributed by atoms with Crippen LogP contribution in [0, 0.1) is 13.8 Å². The number of nitrogen functional groups attached to an aromatic ring is 2. The predicted octanol–water partition coefficient (Wildman–Crippen LogP) is 8.30. The summed E-state index contributed by atoms with van der Waals surface area (Å²) in [5, 5.41) is 0. The van der Waals surface area contributed by atoms with Gasteiger partial charge in [-0.15, -0.1) is 0 Å². The molecule has 184 valence electrons. The van der Waals surface area contributed by atoms with Crippen molar-refractivity contribution in [3.63, 3.8) is 0 Å². The van der Waals surface area contributed by atoms with Gasteiger partial charge in [0.1, 0.15) is 23.0 Å². The maximum atomic E-state index is 6.15. The highest BCUT2D eigenvalue weighted by atomic mass is 16.5. The summed E-state index contributed by atoms with van der Waals surface area (Å²) in [5.41, 5.74) is 18.0. The minimum atomic E-state index is 0.00351. The van der Waals surface area contributed by atoms with Crippen molar-refractivity contribution >= 4 is 11.4 Å². The fourth-order valence-electron chi connectivity index (χ4n) is 5.41. The summed E-state index contributed by atoms with van der Waals surface area (Å²) in [6.07, 6.45) is 6.03. The maximum Gasteiger partial charge on any atom is 0.130 e. The number of hydrogen-bond acceptors (Lipinski definition) is 4. The molecule has 0 saturated heterocycles. The molecule has 0 bridgehead atoms. The standard InChI is InChI=1S/C32H34N2O2/c1-22-20-26(33)10-16-30(22)35-28-12-6-24(7-13-28)32(18-4-3-5-19-32)25-8-14-29(15-9-25)36-31-17-11-27(34)21-23(31)2/h6-17,20-21H,3-5,18-19,33-34H2,1-2H3. The Balaban J connectivity index is 1.39. The van der Waals surface area contributed by atoms with Crippen LogP contribution in [0.4, 0.5) is 11.4 Å². The summed E-state index contributed by atoms with van der Waals surface area (Å²) in [5.74, 6) is 3.33. The Bertz CT molecular complexity index is 1240. The van der Waals surface area contributed by atoms with Crippen LogP contribution >= 0.6 is 0 Å². The minimum absolute atomic E-state index is 0.00351. The van der Waals surface area contributed by atoms with Gasteiger partial charge < -0.3 is 20.9 Å². The number of nitrogens with two attached hydrogens (primary N) is 2. The lowest BCUT2D eigenvalue weighted by molar-refractivity contribution is 0.345. The van der Waals surface area contributed by atoms with Crippen molar-refractivity contribution < 1.29 is 9.47 Å². The third-order valence-electron chi connectivity index (χ3n) is 7.37. The van der Waals surface area contributed by atoms with E-state index in [-0.39, 0.29) is 5.41 Å². The van der Waals surface area contributed by atoms with Crippen molar-refractivity contribution in [1.29, 1.82) is 0 Å². The van der Waals surface area contributed by atoms with Gasteiger partial charge in [-0.3, -0.25) is 0 Å². The topological polar surface area (TPSA) is 70.5 Å². The van der Waals surface area contributed by atoms with Gasteiger partial charge in [-0.1, -0.05) is 43.5 Å². The average molecular weight is 479 g/mol. The number of rotatable bonds is 6. The summed E-state index contributed by atoms with van der Waals surface area (Å²) in [7, 11) is 0. The fourth-order valence-corrected chi connectivity index (χ4v) is 5.41. The number of hydrogen-bond donors (Lipinski definition) is 2. The zero-order valence-corrected chi connectivity index (χ0v) is 21.1. The van der Waals surface area contributed by atoms with Crippen LogP contribution in [-0.4, -0.2) is 0 Å². The molecule has 4 aromatic carbocycles. The molecule has 1 aliphatic carbocycles. The molecule has 5 rings (SSSR count). The molecule has 4 nitrogen and oxygen atoms in total. The van der Waals surface area contributed by atoms with Gasteiger partial charge in [0.15, 0.2) is 0 Å². The number of aryl methyl sites for hydroxylation is 2. The molecule has 1 aliphatic rings. The van der Waals surface area contributed by atoms with Gasteiger partial charge in [-0.25, -0.2) is 0 Å². The molecule has 1 saturated carbocycles. The molecule has 0 heterocycles. The highest BCUT2D eigenvalue weighted by Crippen LogP contribution is 2.46. The highest BCUT2D eigenvalue weighted by molar-refractivity contribution is 5.51. The van der Waals surface area contributed by atoms with E-state index in [1.165, 1.54) is 30.4 Å². The zero-order valence-electron chi connectivity index (χ0n) is 21.1. The highest BCUT2D eigenvalue weighted by Gasteiger charge is 2.35. The van der Waals surface area contributed by atoms with Crippen molar-refractivity contribution in [1.82, 2.24) is 0 Å². The third-order valence-corrected chi connectivity index (χ3v) is 7.37. The van der Waals surface area contributed by atoms with Gasteiger partial charge in [-0.2, -0.15) is 0 Å². The Morgan fingerprint density at radius 3 is 1.36 bits per heavy atom. The molecule has 0 atom stereocenters. The quantitative estimate of drug-likeness (QED) is 0.273. The first-order valence-corrected chi connectivity index (χ1v) is 12.7. The normalized spacial score (nSPS) is 14.8. The Labute approximate surface area is 213 Å². The van der Waals surface area contributed by atoms with Gasteiger partial charge in [0.25, 0.3) is 0 Å². The van der Waals surface area contributed by atoms with E-state index in [1.54, 1.807) is 0 Å². The largest absolute Gasteiger partial charge is 0.457 e. The molecule has 0 spiro atoms. The maximum absolute atomic E-state index is 6.15. The minimum Gasteiger partial charge on any atom is -0.457 e. The van der Waals surface area contributed by atoms with E-state index >= 15 is 0 Å². The molecule has 0 aromatic heterocycles. The van der Waals surface area contributed by atoms with Gasteiger partial charge in [0, 0.05) is 16.8 Å². The van der Waals surface area contributed by atoms with Crippen molar-refractivity contribution in [2.24, 2.45) is 0 Å². The monoisotopic (exact) mass is 478 g/mol. The van der Waals surface area contributed by atoms with E-state index in [4.69, 9.17) is 20.9 Å². The smallest absolute Gasteiger partial charge is 0.130 e. The zero-order chi connectivity index (χ0) is 25.1. The third kappa shape index (κ3) is 4.90. The van der Waals surface area contributed by atoms with Crippen molar-refractivity contribution in [3.05, 3.63) is 107 Å². The lowest BCUT2D eigenvalue weighted by Crippen LogP contribution is -2.30. The first-order valence-electron chi connectivity index (χ1n) is 12.7. The van der Waals surface area contributed by atoms with E-state index < -0.39 is 0 Å². The van der Waals surface area contributed by atoms with E-state index in [9.17, 15) is 0 Å². The molecule has 4 aromatic rings. The lowest BCUT2D eigenvalue weighted by Gasteiger charge is -2.38. The second-order valence-corrected chi connectivity index (χ2v) is 9.95. The molecule has 0 radical (unpaired) electrons. The van der Waals surface area contributed by atoms with Crippen LogP contribution in [0.2, 0.25) is 0 Å². The Morgan fingerprint density at radius 1 is 0.556 bits per heavy atom. The number of benzene rings is 4. The van der Waals surface area contributed by atoms with E-state index in [2.05, 4.69) is 48.5 Å². The summed E-state index contributed by atoms with van der Waals surface area (Å²) in [6, 6.07) is 28.7. The first-order chi connectivity index (χ1) is 17.4. The summed E-state index contributed by atoms with van der Waals surface area (Å²) in [6.45, 7) is 4.03. The first kappa shape index (κ1) is 23.8. The predicted molar refractivity (Wildman–Crippen MR) is 148 cm³/mol. The van der Waals surface area contributed by atoms with Crippen LogP contribution in [0.1, 0.15) is 54.4 Å². The van der Waals surface area contributed by atoms with Crippen LogP contribution in [-0.2, 0) is 5.41 Å². The summed E-state index contributed by atoms with van der Waals surface area (Å²) in [4.78, 5) is 0. The van der Waals surface area contributed by atoms with E-state index in [0.717, 1.165) is 58.3 Å². The van der Waals surface area contributed by atoms with Crippen molar-refractivity contribution in [3.8, 4) is 23.0 Å². The van der Waals surface area contributed by atoms with Crippen LogP contribution in [0.5, 0.6) is 23.0 Å². The number of anilines is 2. The van der Waals surface area contributed by atoms with Crippen LogP contribution in [0.3, 0.4) is 0 Å². The fraction of sp³-hybridized carbons (Fsp3) is 0.250. The summed E-state index contributed by atoms with van der Waals surface area (Å²) < 4.78 is 12.3. The molecule has 0 amide bonds. The molecule has 0 unspecified atom stereocenters. The van der Waals surface area contributed by atoms with Crippen LogP contribution in [0.25, 0.3) is 0 Å². The molecular formula is C32H34N2O2. The SMILES string of the molecule is Cc1cc(N)ccc1Oc1ccc(C2(c3ccc(Oc4ccc(N)cc4C)cc3)CCCCC2)cc1. The Hall–Kier alpha value is -3.92. The van der Waals surface area contributed by atoms with Gasteiger partial charge >= 0.3 is 0 Å². The number of ether oxygens (including phenoxy) is 2. The Morgan fingerprint density at radius 2 is 0.972 bits per heavy atom. The average Bonchev–Trinajstić information content (AvgIpc) is 2.89. The lowest BCUT2D eigenvalue weighted by atomic mass is 9.65. The molecule has 4 N–H and O–H groups in total. The van der Waals surface area contributed by atoms with E-state index in [0.29, 0.717) is 0 Å². The molecule has 36 heavy (non-hydrogen) atoms. The Kier molecular flexibility index (Phi) is 6.60. The van der Waals surface area contributed by atoms with Gasteiger partial charge in [-0.05, 0) is 110 Å². The van der Waals surface area contributed by atoms with E-state index in [1.807, 2.05) is 50.2 Å². The van der Waals surface area contributed by atoms with Crippen LogP contribution < -0.4 is 20.9 Å². The second kappa shape index (κ2) is 9.98. The second-order valence-electron chi connectivity index (χ2n) is 9.95.